The van der Waals surface area contributed by atoms with Gasteiger partial charge in [-0.2, -0.15) is 0 Å². The molecule has 0 fully saturated rings. The van der Waals surface area contributed by atoms with Crippen molar-refractivity contribution in [1.29, 1.82) is 0 Å². The van der Waals surface area contributed by atoms with Crippen LogP contribution in [0.15, 0.2) is 12.1 Å². The summed E-state index contributed by atoms with van der Waals surface area (Å²) in [6.45, 7) is 0. The predicted octanol–water partition coefficient (Wildman–Crippen LogP) is 2.99. The number of hydrogen-bond acceptors (Lipinski definition) is 2. The summed E-state index contributed by atoms with van der Waals surface area (Å²) in [5.74, 6) is -1.36. The van der Waals surface area contributed by atoms with E-state index in [2.05, 4.69) is 8.27 Å². The Labute approximate surface area is 99.1 Å². The summed E-state index contributed by atoms with van der Waals surface area (Å²) in [7, 11) is 1.87. The van der Waals surface area contributed by atoms with Crippen LogP contribution in [0.5, 0.6) is 5.75 Å². The van der Waals surface area contributed by atoms with E-state index in [4.69, 9.17) is 0 Å². The van der Waals surface area contributed by atoms with Gasteiger partial charge in [-0.25, -0.2) is 4.39 Å². The molecule has 0 spiro atoms. The Morgan fingerprint density at radius 2 is 1.93 bits per heavy atom. The third-order valence-electron chi connectivity index (χ3n) is 1.47. The number of nitrogens with one attached hydrogen (secondary N) is 1. The molecular formula is C7H5F4INOP. The van der Waals surface area contributed by atoms with Crippen molar-refractivity contribution in [3.05, 3.63) is 17.9 Å². The normalized spacial score (nSPS) is 11.3. The molecule has 0 amide bonds. The van der Waals surface area contributed by atoms with Crippen LogP contribution < -0.4 is 13.6 Å². The lowest BCUT2D eigenvalue weighted by Crippen LogP contribution is -2.21. The second-order valence-electron chi connectivity index (χ2n) is 2.48. The highest BCUT2D eigenvalue weighted by Gasteiger charge is 2.32. The first-order valence-corrected chi connectivity index (χ1v) is 5.21. The van der Waals surface area contributed by atoms with Gasteiger partial charge in [0.15, 0.2) is 5.82 Å². The topological polar surface area (TPSA) is 21.3 Å². The standard InChI is InChI=1S/C7H5F4INOP/c8-5-3(13-12)1-2-4(6(5)15)14-7(9,10)11/h1-2,13H,15H2. The highest BCUT2D eigenvalue weighted by Crippen LogP contribution is 2.26. The van der Waals surface area contributed by atoms with Crippen LogP contribution >= 0.6 is 32.1 Å². The van der Waals surface area contributed by atoms with E-state index >= 15 is 0 Å². The number of alkyl halides is 3. The van der Waals surface area contributed by atoms with Gasteiger partial charge in [0.2, 0.25) is 0 Å². The van der Waals surface area contributed by atoms with Gasteiger partial charge in [-0.15, -0.1) is 13.2 Å². The third-order valence-corrected chi connectivity index (χ3v) is 2.59. The molecule has 8 heteroatoms. The van der Waals surface area contributed by atoms with Crippen LogP contribution in [-0.4, -0.2) is 6.36 Å². The van der Waals surface area contributed by atoms with Crippen molar-refractivity contribution in [2.75, 3.05) is 3.53 Å². The van der Waals surface area contributed by atoms with Gasteiger partial charge in [0.05, 0.1) is 28.6 Å². The van der Waals surface area contributed by atoms with Gasteiger partial charge >= 0.3 is 6.36 Å². The Morgan fingerprint density at radius 1 is 1.33 bits per heavy atom. The molecular weight excluding hydrogens is 348 g/mol. The van der Waals surface area contributed by atoms with E-state index in [1.54, 1.807) is 22.9 Å². The first kappa shape index (κ1) is 12.8. The SMILES string of the molecule is Fc1c(NI)ccc(OC(F)(F)F)c1P. The summed E-state index contributed by atoms with van der Waals surface area (Å²) in [4.78, 5) is 0. The first-order chi connectivity index (χ1) is 6.85. The third kappa shape index (κ3) is 3.34. The predicted molar refractivity (Wildman–Crippen MR) is 60.1 cm³/mol. The Morgan fingerprint density at radius 3 is 2.40 bits per heavy atom. The zero-order chi connectivity index (χ0) is 11.6. The molecule has 0 aromatic heterocycles. The largest absolute Gasteiger partial charge is 0.573 e. The molecule has 0 radical (unpaired) electrons. The number of benzene rings is 1. The van der Waals surface area contributed by atoms with E-state index in [1.807, 2.05) is 9.24 Å². The van der Waals surface area contributed by atoms with E-state index in [-0.39, 0.29) is 11.0 Å². The summed E-state index contributed by atoms with van der Waals surface area (Å²) >= 11 is 1.67. The zero-order valence-electron chi connectivity index (χ0n) is 7.03. The molecule has 1 rings (SSSR count). The molecule has 1 aromatic carbocycles. The summed E-state index contributed by atoms with van der Waals surface area (Å²) in [5, 5.41) is -0.269. The van der Waals surface area contributed by atoms with Gasteiger partial charge in [0, 0.05) is 5.30 Å². The van der Waals surface area contributed by atoms with Crippen molar-refractivity contribution in [2.24, 2.45) is 0 Å². The van der Waals surface area contributed by atoms with E-state index in [1.165, 1.54) is 0 Å². The smallest absolute Gasteiger partial charge is 0.405 e. The van der Waals surface area contributed by atoms with Gasteiger partial charge < -0.3 is 8.27 Å². The molecule has 1 unspecified atom stereocenters. The maximum absolute atomic E-state index is 13.3. The lowest BCUT2D eigenvalue weighted by atomic mass is 10.3. The lowest BCUT2D eigenvalue weighted by molar-refractivity contribution is -0.274. The van der Waals surface area contributed by atoms with Crippen molar-refractivity contribution in [2.45, 2.75) is 6.36 Å². The minimum absolute atomic E-state index is 0.0927. The van der Waals surface area contributed by atoms with E-state index in [0.717, 1.165) is 12.1 Å². The number of rotatable bonds is 2. The second kappa shape index (κ2) is 4.69. The maximum atomic E-state index is 13.3. The average Bonchev–Trinajstić information content (AvgIpc) is 2.11. The van der Waals surface area contributed by atoms with Gasteiger partial charge in [0.1, 0.15) is 5.75 Å². The number of ether oxygens (including phenoxy) is 1. The van der Waals surface area contributed by atoms with Crippen molar-refractivity contribution >= 4 is 43.1 Å². The molecule has 1 N–H and O–H groups in total. The van der Waals surface area contributed by atoms with Crippen LogP contribution in [0.4, 0.5) is 23.2 Å². The summed E-state index contributed by atoms with van der Waals surface area (Å²) in [6, 6.07) is 2.20. The van der Waals surface area contributed by atoms with E-state index in [9.17, 15) is 17.6 Å². The molecule has 0 bridgehead atoms. The van der Waals surface area contributed by atoms with Crippen molar-refractivity contribution in [3.63, 3.8) is 0 Å². The highest BCUT2D eigenvalue weighted by molar-refractivity contribution is 14.1. The van der Waals surface area contributed by atoms with Crippen LogP contribution in [0, 0.1) is 5.82 Å². The summed E-state index contributed by atoms with van der Waals surface area (Å²) < 4.78 is 55.0. The molecule has 0 aliphatic heterocycles. The Bertz CT molecular complexity index is 371. The zero-order valence-corrected chi connectivity index (χ0v) is 10.3. The second-order valence-corrected chi connectivity index (χ2v) is 3.60. The molecule has 0 saturated carbocycles. The number of hydrogen-bond donors (Lipinski definition) is 1. The summed E-state index contributed by atoms with van der Waals surface area (Å²) in [5.41, 5.74) is 0.0927. The van der Waals surface area contributed by atoms with Crippen LogP contribution in [0.25, 0.3) is 0 Å². The molecule has 1 aromatic rings. The molecule has 15 heavy (non-hydrogen) atoms. The Kier molecular flexibility index (Phi) is 3.99. The molecule has 2 nitrogen and oxygen atoms in total. The minimum atomic E-state index is -4.82. The quantitative estimate of drug-likeness (QED) is 0.382. The monoisotopic (exact) mass is 353 g/mol. The van der Waals surface area contributed by atoms with Crippen LogP contribution in [0.2, 0.25) is 0 Å². The van der Waals surface area contributed by atoms with Gasteiger partial charge in [-0.1, -0.05) is 9.24 Å². The summed E-state index contributed by atoms with van der Waals surface area (Å²) in [6.07, 6.45) is -4.82. The number of anilines is 1. The molecule has 84 valence electrons. The van der Waals surface area contributed by atoms with Gasteiger partial charge in [-0.3, -0.25) is 0 Å². The number of halogens is 5. The van der Waals surface area contributed by atoms with Gasteiger partial charge in [-0.05, 0) is 12.1 Å². The molecule has 0 aliphatic carbocycles. The average molecular weight is 353 g/mol. The van der Waals surface area contributed by atoms with Crippen molar-refractivity contribution < 1.29 is 22.3 Å². The fraction of sp³-hybridized carbons (Fsp3) is 0.143. The Balaban J connectivity index is 3.07. The molecule has 1 atom stereocenters. The fourth-order valence-electron chi connectivity index (χ4n) is 0.862. The highest BCUT2D eigenvalue weighted by atomic mass is 127. The van der Waals surface area contributed by atoms with Crippen molar-refractivity contribution in [1.82, 2.24) is 0 Å². The lowest BCUT2D eigenvalue weighted by Gasteiger charge is -2.12. The molecule has 0 heterocycles. The van der Waals surface area contributed by atoms with Gasteiger partial charge in [0.25, 0.3) is 0 Å². The first-order valence-electron chi connectivity index (χ1n) is 3.55. The van der Waals surface area contributed by atoms with Crippen LogP contribution in [-0.2, 0) is 0 Å². The fourth-order valence-corrected chi connectivity index (χ4v) is 1.59. The van der Waals surface area contributed by atoms with Crippen LogP contribution in [0.1, 0.15) is 0 Å². The van der Waals surface area contributed by atoms with E-state index in [0.29, 0.717) is 0 Å². The van der Waals surface area contributed by atoms with Crippen LogP contribution in [0.3, 0.4) is 0 Å². The molecule has 0 aliphatic rings. The van der Waals surface area contributed by atoms with Crippen molar-refractivity contribution in [3.8, 4) is 5.75 Å². The van der Waals surface area contributed by atoms with E-state index < -0.39 is 17.9 Å². The molecule has 0 saturated heterocycles. The maximum Gasteiger partial charge on any atom is 0.573 e. The Hall–Kier alpha value is -0.300. The minimum Gasteiger partial charge on any atom is -0.405 e.